The number of aryl methyl sites for hydroxylation is 1. The van der Waals surface area contributed by atoms with Crippen LogP contribution in [0.1, 0.15) is 18.1 Å². The SMILES string of the molecule is CCc1ccc(-c2cc(F)c(C#N)c(F)c2)cc1. The minimum absolute atomic E-state index is 0.437. The van der Waals surface area contributed by atoms with Crippen LogP contribution in [0, 0.1) is 23.0 Å². The van der Waals surface area contributed by atoms with E-state index in [9.17, 15) is 8.78 Å². The molecule has 0 saturated heterocycles. The van der Waals surface area contributed by atoms with E-state index in [1.54, 1.807) is 0 Å². The van der Waals surface area contributed by atoms with Crippen LogP contribution < -0.4 is 0 Å². The zero-order chi connectivity index (χ0) is 13.1. The van der Waals surface area contributed by atoms with Crippen molar-refractivity contribution >= 4 is 0 Å². The van der Waals surface area contributed by atoms with E-state index < -0.39 is 17.2 Å². The summed E-state index contributed by atoms with van der Waals surface area (Å²) in [4.78, 5) is 0. The molecule has 0 amide bonds. The molecule has 0 heterocycles. The van der Waals surface area contributed by atoms with Gasteiger partial charge in [0.05, 0.1) is 0 Å². The first kappa shape index (κ1) is 12.3. The molecule has 0 radical (unpaired) electrons. The van der Waals surface area contributed by atoms with Gasteiger partial charge in [0.15, 0.2) is 0 Å². The lowest BCUT2D eigenvalue weighted by molar-refractivity contribution is 0.577. The van der Waals surface area contributed by atoms with Gasteiger partial charge in [0.2, 0.25) is 0 Å². The first-order chi connectivity index (χ1) is 8.65. The molecule has 0 aliphatic heterocycles. The lowest BCUT2D eigenvalue weighted by Gasteiger charge is -2.05. The fraction of sp³-hybridized carbons (Fsp3) is 0.133. The fourth-order valence-corrected chi connectivity index (χ4v) is 1.78. The fourth-order valence-electron chi connectivity index (χ4n) is 1.78. The first-order valence-corrected chi connectivity index (χ1v) is 5.64. The highest BCUT2D eigenvalue weighted by atomic mass is 19.1. The summed E-state index contributed by atoms with van der Waals surface area (Å²) in [5.41, 5.74) is 1.79. The van der Waals surface area contributed by atoms with Gasteiger partial charge >= 0.3 is 0 Å². The van der Waals surface area contributed by atoms with Crippen molar-refractivity contribution in [2.45, 2.75) is 13.3 Å². The van der Waals surface area contributed by atoms with Crippen LogP contribution in [0.4, 0.5) is 8.78 Å². The summed E-state index contributed by atoms with van der Waals surface area (Å²) in [6.45, 7) is 2.04. The van der Waals surface area contributed by atoms with Crippen LogP contribution in [0.2, 0.25) is 0 Å². The van der Waals surface area contributed by atoms with Gasteiger partial charge in [-0.3, -0.25) is 0 Å². The predicted molar refractivity (Wildman–Crippen MR) is 65.9 cm³/mol. The summed E-state index contributed by atoms with van der Waals surface area (Å²) in [5.74, 6) is -1.65. The van der Waals surface area contributed by atoms with Gasteiger partial charge < -0.3 is 0 Å². The number of benzene rings is 2. The number of hydrogen-bond acceptors (Lipinski definition) is 1. The van der Waals surface area contributed by atoms with Gasteiger partial charge in [-0.1, -0.05) is 31.2 Å². The first-order valence-electron chi connectivity index (χ1n) is 5.64. The molecule has 0 fully saturated rings. The Kier molecular flexibility index (Phi) is 3.38. The van der Waals surface area contributed by atoms with Crippen molar-refractivity contribution in [2.75, 3.05) is 0 Å². The van der Waals surface area contributed by atoms with Gasteiger partial charge in [0.25, 0.3) is 0 Å². The lowest BCUT2D eigenvalue weighted by atomic mass is 10.0. The number of hydrogen-bond donors (Lipinski definition) is 0. The minimum atomic E-state index is -0.827. The van der Waals surface area contributed by atoms with Gasteiger partial charge in [-0.2, -0.15) is 5.26 Å². The Morgan fingerprint density at radius 3 is 2.00 bits per heavy atom. The number of halogens is 2. The molecular formula is C15H11F2N. The van der Waals surface area contributed by atoms with Gasteiger partial charge in [0, 0.05) is 0 Å². The molecule has 1 nitrogen and oxygen atoms in total. The molecule has 0 unspecified atom stereocenters. The minimum Gasteiger partial charge on any atom is -0.205 e. The van der Waals surface area contributed by atoms with E-state index in [2.05, 4.69) is 0 Å². The van der Waals surface area contributed by atoms with E-state index in [-0.39, 0.29) is 0 Å². The van der Waals surface area contributed by atoms with Crippen LogP contribution in [-0.4, -0.2) is 0 Å². The van der Waals surface area contributed by atoms with Gasteiger partial charge in [0.1, 0.15) is 23.3 Å². The molecule has 0 aromatic heterocycles. The smallest absolute Gasteiger partial charge is 0.144 e. The standard InChI is InChI=1S/C15H11F2N/c1-2-10-3-5-11(6-4-10)12-7-14(16)13(9-18)15(17)8-12/h3-8H,2H2,1H3. The van der Waals surface area contributed by atoms with Crippen molar-refractivity contribution in [3.05, 3.63) is 59.2 Å². The molecular weight excluding hydrogens is 232 g/mol. The summed E-state index contributed by atoms with van der Waals surface area (Å²) in [5, 5.41) is 8.60. The summed E-state index contributed by atoms with van der Waals surface area (Å²) >= 11 is 0. The Hall–Kier alpha value is -2.21. The van der Waals surface area contributed by atoms with E-state index in [0.29, 0.717) is 5.56 Å². The molecule has 0 aliphatic rings. The Labute approximate surface area is 104 Å². The van der Waals surface area contributed by atoms with Crippen LogP contribution in [0.15, 0.2) is 36.4 Å². The van der Waals surface area contributed by atoms with Crippen molar-refractivity contribution in [1.29, 1.82) is 5.26 Å². The third-order valence-electron chi connectivity index (χ3n) is 2.85. The van der Waals surface area contributed by atoms with Gasteiger partial charge in [-0.25, -0.2) is 8.78 Å². The van der Waals surface area contributed by atoms with Crippen molar-refractivity contribution in [3.8, 4) is 17.2 Å². The topological polar surface area (TPSA) is 23.8 Å². The van der Waals surface area contributed by atoms with Crippen LogP contribution in [-0.2, 0) is 6.42 Å². The van der Waals surface area contributed by atoms with E-state index in [1.807, 2.05) is 31.2 Å². The molecule has 0 saturated carbocycles. The van der Waals surface area contributed by atoms with Crippen molar-refractivity contribution in [3.63, 3.8) is 0 Å². The molecule has 2 aromatic carbocycles. The molecule has 2 aromatic rings. The maximum Gasteiger partial charge on any atom is 0.144 e. The second-order valence-electron chi connectivity index (χ2n) is 3.98. The largest absolute Gasteiger partial charge is 0.205 e. The van der Waals surface area contributed by atoms with Crippen molar-refractivity contribution in [1.82, 2.24) is 0 Å². The second-order valence-corrected chi connectivity index (χ2v) is 3.98. The molecule has 90 valence electrons. The highest BCUT2D eigenvalue weighted by molar-refractivity contribution is 5.65. The maximum atomic E-state index is 13.5. The lowest BCUT2D eigenvalue weighted by Crippen LogP contribution is -1.92. The molecule has 0 N–H and O–H groups in total. The number of nitriles is 1. The Bertz CT molecular complexity index is 586. The Balaban J connectivity index is 2.48. The van der Waals surface area contributed by atoms with Crippen molar-refractivity contribution in [2.24, 2.45) is 0 Å². The van der Waals surface area contributed by atoms with E-state index in [1.165, 1.54) is 18.2 Å². The average molecular weight is 243 g/mol. The Morgan fingerprint density at radius 2 is 1.56 bits per heavy atom. The number of nitrogens with zero attached hydrogens (tertiary/aromatic N) is 1. The molecule has 3 heteroatoms. The molecule has 0 atom stereocenters. The summed E-state index contributed by atoms with van der Waals surface area (Å²) in [6, 6.07) is 11.4. The zero-order valence-corrected chi connectivity index (χ0v) is 9.87. The van der Waals surface area contributed by atoms with Crippen LogP contribution in [0.3, 0.4) is 0 Å². The highest BCUT2D eigenvalue weighted by Gasteiger charge is 2.11. The quantitative estimate of drug-likeness (QED) is 0.780. The molecule has 18 heavy (non-hydrogen) atoms. The normalized spacial score (nSPS) is 10.1. The third kappa shape index (κ3) is 2.23. The number of rotatable bonds is 2. The summed E-state index contributed by atoms with van der Waals surface area (Å²) in [7, 11) is 0. The summed E-state index contributed by atoms with van der Waals surface area (Å²) < 4.78 is 27.0. The van der Waals surface area contributed by atoms with Crippen LogP contribution in [0.5, 0.6) is 0 Å². The van der Waals surface area contributed by atoms with Gasteiger partial charge in [-0.15, -0.1) is 0 Å². The molecule has 0 bridgehead atoms. The highest BCUT2D eigenvalue weighted by Crippen LogP contribution is 2.24. The van der Waals surface area contributed by atoms with Gasteiger partial charge in [-0.05, 0) is 35.2 Å². The zero-order valence-electron chi connectivity index (χ0n) is 9.87. The van der Waals surface area contributed by atoms with E-state index >= 15 is 0 Å². The Morgan fingerprint density at radius 1 is 1.00 bits per heavy atom. The average Bonchev–Trinajstić information content (AvgIpc) is 2.38. The monoisotopic (exact) mass is 243 g/mol. The molecule has 0 spiro atoms. The third-order valence-corrected chi connectivity index (χ3v) is 2.85. The van der Waals surface area contributed by atoms with Crippen LogP contribution in [0.25, 0.3) is 11.1 Å². The molecule has 2 rings (SSSR count). The van der Waals surface area contributed by atoms with E-state index in [4.69, 9.17) is 5.26 Å². The summed E-state index contributed by atoms with van der Waals surface area (Å²) in [6.07, 6.45) is 0.913. The second kappa shape index (κ2) is 4.97. The van der Waals surface area contributed by atoms with Crippen molar-refractivity contribution < 1.29 is 8.78 Å². The molecule has 0 aliphatic carbocycles. The van der Waals surface area contributed by atoms with Crippen LogP contribution >= 0.6 is 0 Å². The predicted octanol–water partition coefficient (Wildman–Crippen LogP) is 4.07. The van der Waals surface area contributed by atoms with E-state index in [0.717, 1.165) is 17.5 Å². The maximum absolute atomic E-state index is 13.5.